The van der Waals surface area contributed by atoms with Gasteiger partial charge in [-0.2, -0.15) is 5.26 Å². The minimum absolute atomic E-state index is 0.270. The third-order valence-corrected chi connectivity index (χ3v) is 3.25. The van der Waals surface area contributed by atoms with Gasteiger partial charge in [-0.1, -0.05) is 29.3 Å². The fourth-order valence-corrected chi connectivity index (χ4v) is 2.38. The zero-order chi connectivity index (χ0) is 13.8. The lowest BCUT2D eigenvalue weighted by Crippen LogP contribution is -1.95. The molecule has 0 unspecified atom stereocenters. The summed E-state index contributed by atoms with van der Waals surface area (Å²) in [5.74, 6) is 0.427. The van der Waals surface area contributed by atoms with Gasteiger partial charge in [-0.25, -0.2) is 4.98 Å². The van der Waals surface area contributed by atoms with Crippen LogP contribution in [0.5, 0.6) is 5.88 Å². The average Bonchev–Trinajstić information content (AvgIpc) is 2.39. The van der Waals surface area contributed by atoms with Crippen molar-refractivity contribution in [3.8, 4) is 23.1 Å². The second kappa shape index (κ2) is 5.92. The number of methoxy groups -OCH3 is 1. The van der Waals surface area contributed by atoms with Gasteiger partial charge in [0.25, 0.3) is 0 Å². The van der Waals surface area contributed by atoms with Crippen LogP contribution in [0.15, 0.2) is 30.5 Å². The highest BCUT2D eigenvalue weighted by molar-refractivity contribution is 6.39. The van der Waals surface area contributed by atoms with E-state index in [1.165, 1.54) is 7.11 Å². The second-order valence-electron chi connectivity index (χ2n) is 3.83. The van der Waals surface area contributed by atoms with Crippen LogP contribution in [0, 0.1) is 11.3 Å². The summed E-state index contributed by atoms with van der Waals surface area (Å²) in [6.07, 6.45) is 1.88. The summed E-state index contributed by atoms with van der Waals surface area (Å²) >= 11 is 12.4. The molecule has 96 valence electrons. The largest absolute Gasteiger partial charge is 0.481 e. The van der Waals surface area contributed by atoms with Crippen molar-refractivity contribution in [1.82, 2.24) is 4.98 Å². The molecule has 1 aromatic carbocycles. The van der Waals surface area contributed by atoms with Crippen LogP contribution >= 0.6 is 23.2 Å². The molecule has 19 heavy (non-hydrogen) atoms. The van der Waals surface area contributed by atoms with Crippen LogP contribution in [-0.2, 0) is 6.42 Å². The highest BCUT2D eigenvalue weighted by Crippen LogP contribution is 2.39. The van der Waals surface area contributed by atoms with E-state index in [9.17, 15) is 0 Å². The third-order valence-electron chi connectivity index (χ3n) is 2.62. The SMILES string of the molecule is COc1ncc(CC#N)cc1-c1c(Cl)cccc1Cl. The van der Waals surface area contributed by atoms with Crippen molar-refractivity contribution in [3.63, 3.8) is 0 Å². The Morgan fingerprint density at radius 1 is 1.32 bits per heavy atom. The maximum atomic E-state index is 8.76. The van der Waals surface area contributed by atoms with Gasteiger partial charge in [0, 0.05) is 17.3 Å². The number of benzene rings is 1. The Kier molecular flexibility index (Phi) is 4.26. The zero-order valence-corrected chi connectivity index (χ0v) is 11.7. The van der Waals surface area contributed by atoms with Crippen molar-refractivity contribution in [3.05, 3.63) is 46.1 Å². The van der Waals surface area contributed by atoms with Gasteiger partial charge in [-0.05, 0) is 23.8 Å². The number of hydrogen-bond acceptors (Lipinski definition) is 3. The summed E-state index contributed by atoms with van der Waals surface area (Å²) in [5.41, 5.74) is 2.13. The molecule has 0 fully saturated rings. The van der Waals surface area contributed by atoms with Crippen molar-refractivity contribution in [2.75, 3.05) is 7.11 Å². The third kappa shape index (κ3) is 2.81. The van der Waals surface area contributed by atoms with E-state index >= 15 is 0 Å². The molecule has 2 rings (SSSR count). The van der Waals surface area contributed by atoms with Crippen molar-refractivity contribution < 1.29 is 4.74 Å². The second-order valence-corrected chi connectivity index (χ2v) is 4.65. The fraction of sp³-hybridized carbons (Fsp3) is 0.143. The molecule has 0 atom stereocenters. The number of rotatable bonds is 3. The van der Waals surface area contributed by atoms with E-state index in [4.69, 9.17) is 33.2 Å². The van der Waals surface area contributed by atoms with E-state index in [0.717, 1.165) is 5.56 Å². The lowest BCUT2D eigenvalue weighted by molar-refractivity contribution is 0.399. The van der Waals surface area contributed by atoms with Crippen molar-refractivity contribution >= 4 is 23.2 Å². The molecule has 0 aliphatic rings. The van der Waals surface area contributed by atoms with E-state index in [0.29, 0.717) is 27.1 Å². The Balaban J connectivity index is 2.66. The molecule has 0 bridgehead atoms. The topological polar surface area (TPSA) is 45.9 Å². The fourth-order valence-electron chi connectivity index (χ4n) is 1.78. The molecule has 0 N–H and O–H groups in total. The maximum absolute atomic E-state index is 8.76. The molecule has 0 spiro atoms. The van der Waals surface area contributed by atoms with E-state index < -0.39 is 0 Å². The first kappa shape index (κ1) is 13.7. The van der Waals surface area contributed by atoms with Gasteiger partial charge in [0.05, 0.1) is 29.6 Å². The van der Waals surface area contributed by atoms with Gasteiger partial charge in [-0.3, -0.25) is 0 Å². The number of nitriles is 1. The van der Waals surface area contributed by atoms with Crippen LogP contribution in [0.3, 0.4) is 0 Å². The summed E-state index contributed by atoms with van der Waals surface area (Å²) in [5, 5.41) is 9.79. The first-order chi connectivity index (χ1) is 9.17. The molecule has 0 radical (unpaired) electrons. The molecule has 0 saturated carbocycles. The Labute approximate surface area is 121 Å². The Hall–Kier alpha value is -1.76. The molecule has 2 aromatic rings. The standard InChI is InChI=1S/C14H10Cl2N2O/c1-19-14-10(7-9(5-6-17)8-18-14)13-11(15)3-2-4-12(13)16/h2-4,7-8H,5H2,1H3. The molecule has 3 nitrogen and oxygen atoms in total. The minimum Gasteiger partial charge on any atom is -0.481 e. The molecule has 1 heterocycles. The summed E-state index contributed by atoms with van der Waals surface area (Å²) in [7, 11) is 1.53. The molecule has 0 saturated heterocycles. The van der Waals surface area contributed by atoms with Gasteiger partial charge in [0.2, 0.25) is 5.88 Å². The van der Waals surface area contributed by atoms with Crippen molar-refractivity contribution in [1.29, 1.82) is 5.26 Å². The maximum Gasteiger partial charge on any atom is 0.221 e. The Morgan fingerprint density at radius 3 is 2.58 bits per heavy atom. The van der Waals surface area contributed by atoms with Crippen LogP contribution < -0.4 is 4.74 Å². The van der Waals surface area contributed by atoms with E-state index in [2.05, 4.69) is 11.1 Å². The van der Waals surface area contributed by atoms with E-state index in [1.54, 1.807) is 24.4 Å². The first-order valence-corrected chi connectivity index (χ1v) is 6.27. The molecular weight excluding hydrogens is 283 g/mol. The molecule has 0 aliphatic heterocycles. The highest BCUT2D eigenvalue weighted by atomic mass is 35.5. The molecule has 0 aliphatic carbocycles. The zero-order valence-electron chi connectivity index (χ0n) is 10.2. The lowest BCUT2D eigenvalue weighted by atomic mass is 10.0. The van der Waals surface area contributed by atoms with Crippen molar-refractivity contribution in [2.45, 2.75) is 6.42 Å². The quantitative estimate of drug-likeness (QED) is 0.854. The van der Waals surface area contributed by atoms with Crippen LogP contribution in [0.2, 0.25) is 10.0 Å². The summed E-state index contributed by atoms with van der Waals surface area (Å²) in [4.78, 5) is 4.18. The minimum atomic E-state index is 0.270. The normalized spacial score (nSPS) is 10.0. The number of aromatic nitrogens is 1. The number of halogens is 2. The van der Waals surface area contributed by atoms with E-state index in [-0.39, 0.29) is 6.42 Å². The van der Waals surface area contributed by atoms with Crippen LogP contribution in [0.1, 0.15) is 5.56 Å². The average molecular weight is 293 g/mol. The van der Waals surface area contributed by atoms with Gasteiger partial charge < -0.3 is 4.74 Å². The van der Waals surface area contributed by atoms with Crippen LogP contribution in [0.4, 0.5) is 0 Å². The smallest absolute Gasteiger partial charge is 0.221 e. The number of pyridine rings is 1. The highest BCUT2D eigenvalue weighted by Gasteiger charge is 2.15. The van der Waals surface area contributed by atoms with Gasteiger partial charge in [0.15, 0.2) is 0 Å². The summed E-state index contributed by atoms with van der Waals surface area (Å²) in [6.45, 7) is 0. The molecule has 1 aromatic heterocycles. The van der Waals surface area contributed by atoms with Gasteiger partial charge in [0.1, 0.15) is 0 Å². The molecule has 5 heteroatoms. The monoisotopic (exact) mass is 292 g/mol. The van der Waals surface area contributed by atoms with Crippen molar-refractivity contribution in [2.24, 2.45) is 0 Å². The van der Waals surface area contributed by atoms with Crippen LogP contribution in [0.25, 0.3) is 11.1 Å². The van der Waals surface area contributed by atoms with Crippen LogP contribution in [-0.4, -0.2) is 12.1 Å². The number of hydrogen-bond donors (Lipinski definition) is 0. The predicted octanol–water partition coefficient (Wildman–Crippen LogP) is 4.13. The summed E-state index contributed by atoms with van der Waals surface area (Å²) in [6, 6.07) is 9.17. The summed E-state index contributed by atoms with van der Waals surface area (Å²) < 4.78 is 5.23. The molecular formula is C14H10Cl2N2O. The Morgan fingerprint density at radius 2 is 2.00 bits per heavy atom. The lowest BCUT2D eigenvalue weighted by Gasteiger charge is -2.11. The molecule has 0 amide bonds. The Bertz CT molecular complexity index is 630. The van der Waals surface area contributed by atoms with E-state index in [1.807, 2.05) is 6.07 Å². The first-order valence-electron chi connectivity index (χ1n) is 5.51. The van der Waals surface area contributed by atoms with Gasteiger partial charge in [-0.15, -0.1) is 0 Å². The number of ether oxygens (including phenoxy) is 1. The predicted molar refractivity (Wildman–Crippen MR) is 75.6 cm³/mol. The van der Waals surface area contributed by atoms with Gasteiger partial charge >= 0.3 is 0 Å². The number of nitrogens with zero attached hydrogens (tertiary/aromatic N) is 2.